The zero-order chi connectivity index (χ0) is 11.1. The summed E-state index contributed by atoms with van der Waals surface area (Å²) in [5.41, 5.74) is 0.874. The van der Waals surface area contributed by atoms with Gasteiger partial charge in [0.25, 0.3) is 6.43 Å². The van der Waals surface area contributed by atoms with E-state index in [-0.39, 0.29) is 5.56 Å². The van der Waals surface area contributed by atoms with Crippen molar-refractivity contribution in [1.82, 2.24) is 0 Å². The van der Waals surface area contributed by atoms with Gasteiger partial charge in [-0.05, 0) is 37.0 Å². The third-order valence-electron chi connectivity index (χ3n) is 2.94. The van der Waals surface area contributed by atoms with Crippen molar-refractivity contribution in [3.05, 3.63) is 34.9 Å². The van der Waals surface area contributed by atoms with Crippen LogP contribution in [0.3, 0.4) is 0 Å². The van der Waals surface area contributed by atoms with Crippen molar-refractivity contribution in [2.75, 3.05) is 0 Å². The standard InChI is InChI=1S/C12H14F2O/c1-8-2-3-9(6-10(8)11(13)14)7-12(15)4-5-12/h2-3,6,11,15H,4-5,7H2,1H3. The molecule has 0 amide bonds. The summed E-state index contributed by atoms with van der Waals surface area (Å²) in [7, 11) is 0. The summed E-state index contributed by atoms with van der Waals surface area (Å²) >= 11 is 0. The van der Waals surface area contributed by atoms with Crippen LogP contribution in [0.15, 0.2) is 18.2 Å². The second-order valence-corrected chi connectivity index (χ2v) is 4.39. The molecule has 1 N–H and O–H groups in total. The molecule has 1 fully saturated rings. The van der Waals surface area contributed by atoms with Gasteiger partial charge >= 0.3 is 0 Å². The number of aryl methyl sites for hydroxylation is 1. The molecule has 0 bridgehead atoms. The van der Waals surface area contributed by atoms with Crippen LogP contribution in [-0.4, -0.2) is 10.7 Å². The second kappa shape index (κ2) is 3.56. The molecule has 0 radical (unpaired) electrons. The zero-order valence-electron chi connectivity index (χ0n) is 8.63. The van der Waals surface area contributed by atoms with E-state index >= 15 is 0 Å². The first-order chi connectivity index (χ1) is 7.00. The van der Waals surface area contributed by atoms with Gasteiger partial charge in [0.15, 0.2) is 0 Å². The topological polar surface area (TPSA) is 20.2 Å². The third kappa shape index (κ3) is 2.34. The monoisotopic (exact) mass is 212 g/mol. The Bertz CT molecular complexity index is 370. The minimum atomic E-state index is -2.43. The van der Waals surface area contributed by atoms with Crippen LogP contribution < -0.4 is 0 Å². The van der Waals surface area contributed by atoms with Gasteiger partial charge in [-0.25, -0.2) is 8.78 Å². The molecular formula is C12H14F2O. The third-order valence-corrected chi connectivity index (χ3v) is 2.94. The molecule has 2 rings (SSSR count). The minimum absolute atomic E-state index is 0.0803. The fraction of sp³-hybridized carbons (Fsp3) is 0.500. The summed E-state index contributed by atoms with van der Waals surface area (Å²) in [5, 5.41) is 9.69. The lowest BCUT2D eigenvalue weighted by atomic mass is 10.0. The van der Waals surface area contributed by atoms with Gasteiger partial charge in [-0.15, -0.1) is 0 Å². The van der Waals surface area contributed by atoms with Gasteiger partial charge in [0.1, 0.15) is 0 Å². The molecule has 1 nitrogen and oxygen atoms in total. The Kier molecular flexibility index (Phi) is 2.51. The number of rotatable bonds is 3. The van der Waals surface area contributed by atoms with E-state index in [1.165, 1.54) is 6.07 Å². The molecule has 0 saturated heterocycles. The molecule has 3 heteroatoms. The van der Waals surface area contributed by atoms with E-state index in [1.54, 1.807) is 13.0 Å². The van der Waals surface area contributed by atoms with Crippen molar-refractivity contribution in [2.45, 2.75) is 38.2 Å². The van der Waals surface area contributed by atoms with Gasteiger partial charge in [0.05, 0.1) is 5.60 Å². The lowest BCUT2D eigenvalue weighted by Crippen LogP contribution is -2.11. The van der Waals surface area contributed by atoms with E-state index in [0.29, 0.717) is 12.0 Å². The Labute approximate surface area is 87.7 Å². The predicted octanol–water partition coefficient (Wildman–Crippen LogP) is 3.00. The van der Waals surface area contributed by atoms with Crippen molar-refractivity contribution in [3.8, 4) is 0 Å². The quantitative estimate of drug-likeness (QED) is 0.816. The van der Waals surface area contributed by atoms with Crippen LogP contribution in [0.25, 0.3) is 0 Å². The van der Waals surface area contributed by atoms with Crippen LogP contribution in [0.5, 0.6) is 0 Å². The highest BCUT2D eigenvalue weighted by atomic mass is 19.3. The summed E-state index contributed by atoms with van der Waals surface area (Å²) in [6.07, 6.45) is -0.373. The maximum absolute atomic E-state index is 12.6. The van der Waals surface area contributed by atoms with Gasteiger partial charge in [-0.2, -0.15) is 0 Å². The average molecular weight is 212 g/mol. The lowest BCUT2D eigenvalue weighted by Gasteiger charge is -2.11. The number of benzene rings is 1. The summed E-state index contributed by atoms with van der Waals surface area (Å²) < 4.78 is 25.2. The second-order valence-electron chi connectivity index (χ2n) is 4.39. The van der Waals surface area contributed by atoms with Crippen molar-refractivity contribution < 1.29 is 13.9 Å². The van der Waals surface area contributed by atoms with Crippen molar-refractivity contribution in [3.63, 3.8) is 0 Å². The highest BCUT2D eigenvalue weighted by Crippen LogP contribution is 2.38. The number of aliphatic hydroxyl groups is 1. The Morgan fingerprint density at radius 3 is 2.60 bits per heavy atom. The summed E-state index contributed by atoms with van der Waals surface area (Å²) in [6, 6.07) is 5.02. The highest BCUT2D eigenvalue weighted by molar-refractivity contribution is 5.33. The average Bonchev–Trinajstić information content (AvgIpc) is 2.87. The smallest absolute Gasteiger partial charge is 0.264 e. The summed E-state index contributed by atoms with van der Waals surface area (Å²) in [6.45, 7) is 1.68. The van der Waals surface area contributed by atoms with Crippen LogP contribution in [-0.2, 0) is 6.42 Å². The van der Waals surface area contributed by atoms with Gasteiger partial charge in [0.2, 0.25) is 0 Å². The van der Waals surface area contributed by atoms with Crippen molar-refractivity contribution in [2.24, 2.45) is 0 Å². The van der Waals surface area contributed by atoms with Crippen LogP contribution in [0.1, 0.15) is 36.0 Å². The SMILES string of the molecule is Cc1ccc(CC2(O)CC2)cc1C(F)F. The Morgan fingerprint density at radius 2 is 2.07 bits per heavy atom. The minimum Gasteiger partial charge on any atom is -0.390 e. The van der Waals surface area contributed by atoms with Gasteiger partial charge < -0.3 is 5.11 Å². The molecule has 82 valence electrons. The van der Waals surface area contributed by atoms with Crippen LogP contribution in [0.2, 0.25) is 0 Å². The predicted molar refractivity (Wildman–Crippen MR) is 54.0 cm³/mol. The maximum Gasteiger partial charge on any atom is 0.264 e. The molecule has 1 aromatic rings. The molecule has 0 unspecified atom stereocenters. The van der Waals surface area contributed by atoms with Crippen LogP contribution in [0, 0.1) is 6.92 Å². The van der Waals surface area contributed by atoms with E-state index in [1.807, 2.05) is 6.07 Å². The molecular weight excluding hydrogens is 198 g/mol. The number of alkyl halides is 2. The van der Waals surface area contributed by atoms with E-state index in [0.717, 1.165) is 18.4 Å². The largest absolute Gasteiger partial charge is 0.390 e. The first kappa shape index (κ1) is 10.6. The summed E-state index contributed by atoms with van der Waals surface area (Å²) in [5.74, 6) is 0. The fourth-order valence-electron chi connectivity index (χ4n) is 1.74. The fourth-order valence-corrected chi connectivity index (χ4v) is 1.74. The molecule has 0 atom stereocenters. The molecule has 1 aliphatic rings. The summed E-state index contributed by atoms with van der Waals surface area (Å²) in [4.78, 5) is 0. The lowest BCUT2D eigenvalue weighted by molar-refractivity contribution is 0.146. The first-order valence-electron chi connectivity index (χ1n) is 5.10. The maximum atomic E-state index is 12.6. The Balaban J connectivity index is 2.22. The molecule has 1 aromatic carbocycles. The Hall–Kier alpha value is -0.960. The van der Waals surface area contributed by atoms with Gasteiger partial charge in [0, 0.05) is 12.0 Å². The van der Waals surface area contributed by atoms with Gasteiger partial charge in [-0.1, -0.05) is 12.1 Å². The molecule has 0 aliphatic heterocycles. The molecule has 15 heavy (non-hydrogen) atoms. The normalized spacial score (nSPS) is 18.2. The molecule has 0 aromatic heterocycles. The number of halogens is 2. The molecule has 0 spiro atoms. The van der Waals surface area contributed by atoms with E-state index in [4.69, 9.17) is 0 Å². The molecule has 0 heterocycles. The molecule has 1 saturated carbocycles. The van der Waals surface area contributed by atoms with E-state index in [9.17, 15) is 13.9 Å². The van der Waals surface area contributed by atoms with Gasteiger partial charge in [-0.3, -0.25) is 0 Å². The Morgan fingerprint density at radius 1 is 1.40 bits per heavy atom. The van der Waals surface area contributed by atoms with E-state index < -0.39 is 12.0 Å². The molecule has 1 aliphatic carbocycles. The number of hydrogen-bond donors (Lipinski definition) is 1. The zero-order valence-corrected chi connectivity index (χ0v) is 8.63. The number of hydrogen-bond acceptors (Lipinski definition) is 1. The van der Waals surface area contributed by atoms with E-state index in [2.05, 4.69) is 0 Å². The van der Waals surface area contributed by atoms with Crippen molar-refractivity contribution in [1.29, 1.82) is 0 Å². The van der Waals surface area contributed by atoms with Crippen molar-refractivity contribution >= 4 is 0 Å². The first-order valence-corrected chi connectivity index (χ1v) is 5.10. The van der Waals surface area contributed by atoms with Crippen LogP contribution >= 0.6 is 0 Å². The van der Waals surface area contributed by atoms with Crippen LogP contribution in [0.4, 0.5) is 8.78 Å². The highest BCUT2D eigenvalue weighted by Gasteiger charge is 2.40.